The van der Waals surface area contributed by atoms with Gasteiger partial charge in [0.05, 0.1) is 10.6 Å². The fraction of sp³-hybridized carbons (Fsp3) is 0.167. The van der Waals surface area contributed by atoms with Gasteiger partial charge < -0.3 is 10.6 Å². The van der Waals surface area contributed by atoms with Gasteiger partial charge in [-0.15, -0.1) is 0 Å². The Kier molecular flexibility index (Phi) is 6.64. The van der Waals surface area contributed by atoms with Crippen molar-refractivity contribution < 1.29 is 18.0 Å². The molecule has 0 saturated heterocycles. The molecule has 0 unspecified atom stereocenters. The lowest BCUT2D eigenvalue weighted by Crippen LogP contribution is -2.17. The molecule has 3 rings (SSSR count). The molecule has 3 N–H and O–H groups in total. The second-order valence-corrected chi connectivity index (χ2v) is 9.27. The third kappa shape index (κ3) is 5.53. The molecule has 0 aliphatic rings. The van der Waals surface area contributed by atoms with E-state index < -0.39 is 15.9 Å². The molecule has 3 aromatic carbocycles. The number of carbonyl (C=O) groups excluding carboxylic acids is 2. The fourth-order valence-corrected chi connectivity index (χ4v) is 4.64. The molecule has 0 heterocycles. The molecular weight excluding hydrogens is 426 g/mol. The summed E-state index contributed by atoms with van der Waals surface area (Å²) in [6.07, 6.45) is 0. The monoisotopic (exact) mass is 451 g/mol. The molecule has 0 aliphatic heterocycles. The third-order valence-corrected chi connectivity index (χ3v) is 6.31. The molecule has 7 nitrogen and oxygen atoms in total. The van der Waals surface area contributed by atoms with Gasteiger partial charge >= 0.3 is 0 Å². The Balaban J connectivity index is 1.86. The van der Waals surface area contributed by atoms with Crippen LogP contribution in [-0.4, -0.2) is 20.2 Å². The van der Waals surface area contributed by atoms with Gasteiger partial charge in [-0.25, -0.2) is 8.42 Å². The van der Waals surface area contributed by atoms with E-state index in [-0.39, 0.29) is 16.4 Å². The Morgan fingerprint density at radius 1 is 0.781 bits per heavy atom. The van der Waals surface area contributed by atoms with Crippen molar-refractivity contribution in [2.75, 3.05) is 15.4 Å². The Morgan fingerprint density at radius 3 is 2.12 bits per heavy atom. The van der Waals surface area contributed by atoms with Gasteiger partial charge in [0.15, 0.2) is 0 Å². The summed E-state index contributed by atoms with van der Waals surface area (Å²) < 4.78 is 28.7. The normalized spacial score (nSPS) is 11.0. The topological polar surface area (TPSA) is 104 Å². The van der Waals surface area contributed by atoms with E-state index in [1.54, 1.807) is 49.4 Å². The van der Waals surface area contributed by atoms with Crippen molar-refractivity contribution >= 4 is 38.9 Å². The van der Waals surface area contributed by atoms with Crippen molar-refractivity contribution in [3.63, 3.8) is 0 Å². The zero-order chi connectivity index (χ0) is 23.5. The average molecular weight is 452 g/mol. The summed E-state index contributed by atoms with van der Waals surface area (Å²) >= 11 is 0. The van der Waals surface area contributed by atoms with E-state index in [4.69, 9.17) is 0 Å². The quantitative estimate of drug-likeness (QED) is 0.508. The number of hydrogen-bond donors (Lipinski definition) is 3. The summed E-state index contributed by atoms with van der Waals surface area (Å²) in [5.74, 6) is -0.689. The maximum absolute atomic E-state index is 13.1. The van der Waals surface area contributed by atoms with Gasteiger partial charge in [0.25, 0.3) is 15.9 Å². The van der Waals surface area contributed by atoms with Gasteiger partial charge in [-0.05, 0) is 68.3 Å². The maximum Gasteiger partial charge on any atom is 0.262 e. The summed E-state index contributed by atoms with van der Waals surface area (Å²) in [5.41, 5.74) is 4.05. The number of nitrogens with one attached hydrogen (secondary N) is 3. The van der Waals surface area contributed by atoms with Crippen molar-refractivity contribution in [3.05, 3.63) is 82.9 Å². The zero-order valence-electron chi connectivity index (χ0n) is 18.3. The molecular formula is C24H25N3O4S. The lowest BCUT2D eigenvalue weighted by Gasteiger charge is -2.14. The molecule has 0 aromatic heterocycles. The molecule has 0 spiro atoms. The van der Waals surface area contributed by atoms with Crippen LogP contribution in [0.2, 0.25) is 0 Å². The first kappa shape index (κ1) is 23.0. The van der Waals surface area contributed by atoms with Crippen LogP contribution in [0.15, 0.2) is 65.6 Å². The van der Waals surface area contributed by atoms with E-state index in [9.17, 15) is 18.0 Å². The van der Waals surface area contributed by atoms with Crippen LogP contribution in [0.4, 0.5) is 17.1 Å². The van der Waals surface area contributed by atoms with Gasteiger partial charge in [-0.3, -0.25) is 14.3 Å². The minimum absolute atomic E-state index is 0.0251. The largest absolute Gasteiger partial charge is 0.326 e. The Labute approximate surface area is 187 Å². The number of rotatable bonds is 6. The van der Waals surface area contributed by atoms with Crippen molar-refractivity contribution in [1.82, 2.24) is 0 Å². The number of amides is 2. The smallest absolute Gasteiger partial charge is 0.262 e. The first-order valence-corrected chi connectivity index (χ1v) is 11.4. The SMILES string of the molecule is CC(=O)Nc1cccc(NC(=O)c2ccc(C)c(S(=O)(=O)Nc3ccc(C)cc3C)c2)c1. The second-order valence-electron chi connectivity index (χ2n) is 7.62. The molecule has 32 heavy (non-hydrogen) atoms. The van der Waals surface area contributed by atoms with E-state index in [1.807, 2.05) is 26.0 Å². The summed E-state index contributed by atoms with van der Waals surface area (Å²) in [6, 6.07) is 16.7. The number of aryl methyl sites for hydroxylation is 3. The number of sulfonamides is 1. The second kappa shape index (κ2) is 9.23. The molecule has 0 aliphatic carbocycles. The number of carbonyl (C=O) groups is 2. The number of benzene rings is 3. The van der Waals surface area contributed by atoms with E-state index in [2.05, 4.69) is 15.4 Å². The summed E-state index contributed by atoms with van der Waals surface area (Å²) in [5, 5.41) is 5.38. The first-order chi connectivity index (χ1) is 15.0. The molecule has 0 bridgehead atoms. The molecule has 0 radical (unpaired) electrons. The van der Waals surface area contributed by atoms with E-state index in [0.29, 0.717) is 22.6 Å². The molecule has 166 valence electrons. The molecule has 0 saturated carbocycles. The summed E-state index contributed by atoms with van der Waals surface area (Å²) in [7, 11) is -3.91. The molecule has 8 heteroatoms. The number of anilines is 3. The summed E-state index contributed by atoms with van der Waals surface area (Å²) in [6.45, 7) is 6.83. The predicted molar refractivity (Wildman–Crippen MR) is 127 cm³/mol. The lowest BCUT2D eigenvalue weighted by molar-refractivity contribution is -0.114. The van der Waals surface area contributed by atoms with Crippen LogP contribution in [0, 0.1) is 20.8 Å². The van der Waals surface area contributed by atoms with Crippen LogP contribution in [0.5, 0.6) is 0 Å². The fourth-order valence-electron chi connectivity index (χ4n) is 3.24. The molecule has 0 fully saturated rings. The maximum atomic E-state index is 13.1. The standard InChI is InChI=1S/C24H25N3O4S/c1-15-8-11-22(17(3)12-15)27-32(30,31)23-13-19(10-9-16(23)2)24(29)26-21-7-5-6-20(14-21)25-18(4)28/h5-14,27H,1-4H3,(H,25,28)(H,26,29). The van der Waals surface area contributed by atoms with Crippen molar-refractivity contribution in [3.8, 4) is 0 Å². The molecule has 0 atom stereocenters. The Bertz CT molecular complexity index is 1300. The van der Waals surface area contributed by atoms with Crippen LogP contribution in [0.1, 0.15) is 34.0 Å². The van der Waals surface area contributed by atoms with Gasteiger partial charge in [0, 0.05) is 23.9 Å². The minimum Gasteiger partial charge on any atom is -0.326 e. The highest BCUT2D eigenvalue weighted by Crippen LogP contribution is 2.24. The van der Waals surface area contributed by atoms with Crippen molar-refractivity contribution in [2.45, 2.75) is 32.6 Å². The van der Waals surface area contributed by atoms with Crippen molar-refractivity contribution in [2.24, 2.45) is 0 Å². The van der Waals surface area contributed by atoms with Gasteiger partial charge in [0.2, 0.25) is 5.91 Å². The Hall–Kier alpha value is -3.65. The third-order valence-electron chi connectivity index (χ3n) is 4.81. The minimum atomic E-state index is -3.91. The van der Waals surface area contributed by atoms with E-state index in [1.165, 1.54) is 13.0 Å². The van der Waals surface area contributed by atoms with E-state index in [0.717, 1.165) is 11.1 Å². The first-order valence-electron chi connectivity index (χ1n) is 9.95. The summed E-state index contributed by atoms with van der Waals surface area (Å²) in [4.78, 5) is 24.0. The molecule has 2 amide bonds. The van der Waals surface area contributed by atoms with E-state index >= 15 is 0 Å². The van der Waals surface area contributed by atoms with Crippen molar-refractivity contribution in [1.29, 1.82) is 0 Å². The Morgan fingerprint density at radius 2 is 1.47 bits per heavy atom. The van der Waals surface area contributed by atoms with Gasteiger partial charge in [-0.2, -0.15) is 0 Å². The predicted octanol–water partition coefficient (Wildman–Crippen LogP) is 4.62. The highest BCUT2D eigenvalue weighted by Gasteiger charge is 2.20. The average Bonchev–Trinajstić information content (AvgIpc) is 2.70. The lowest BCUT2D eigenvalue weighted by atomic mass is 10.1. The highest BCUT2D eigenvalue weighted by atomic mass is 32.2. The van der Waals surface area contributed by atoms with Crippen LogP contribution < -0.4 is 15.4 Å². The van der Waals surface area contributed by atoms with Crippen LogP contribution >= 0.6 is 0 Å². The zero-order valence-corrected chi connectivity index (χ0v) is 19.1. The van der Waals surface area contributed by atoms with Crippen LogP contribution in [-0.2, 0) is 14.8 Å². The number of hydrogen-bond acceptors (Lipinski definition) is 4. The van der Waals surface area contributed by atoms with Crippen LogP contribution in [0.3, 0.4) is 0 Å². The molecule has 3 aromatic rings. The van der Waals surface area contributed by atoms with Gasteiger partial charge in [-0.1, -0.05) is 29.8 Å². The highest BCUT2D eigenvalue weighted by molar-refractivity contribution is 7.92. The van der Waals surface area contributed by atoms with Gasteiger partial charge in [0.1, 0.15) is 0 Å². The van der Waals surface area contributed by atoms with Crippen LogP contribution in [0.25, 0.3) is 0 Å².